The number of hydrogen-bond acceptors (Lipinski definition) is 4. The minimum absolute atomic E-state index is 0.0240. The Morgan fingerprint density at radius 3 is 2.76 bits per heavy atom. The van der Waals surface area contributed by atoms with Crippen molar-refractivity contribution in [3.05, 3.63) is 33.3 Å². The van der Waals surface area contributed by atoms with E-state index in [4.69, 9.17) is 16.3 Å². The Morgan fingerprint density at radius 2 is 2.24 bits per heavy atom. The van der Waals surface area contributed by atoms with Crippen molar-refractivity contribution in [2.45, 2.75) is 25.0 Å². The molecule has 0 atom stereocenters. The van der Waals surface area contributed by atoms with Crippen molar-refractivity contribution in [1.82, 2.24) is 5.32 Å². The Labute approximate surface area is 104 Å². The van der Waals surface area contributed by atoms with Crippen LogP contribution >= 0.6 is 11.6 Å². The minimum Gasteiger partial charge on any atom is -0.489 e. The molecule has 0 radical (unpaired) electrons. The second-order valence-corrected chi connectivity index (χ2v) is 4.48. The average Bonchev–Trinajstić information content (AvgIpc) is 2.24. The van der Waals surface area contributed by atoms with Gasteiger partial charge in [-0.1, -0.05) is 11.6 Å². The van der Waals surface area contributed by atoms with Crippen LogP contribution in [0.5, 0.6) is 5.75 Å². The first-order valence-corrected chi connectivity index (χ1v) is 5.76. The number of benzene rings is 1. The average molecular weight is 257 g/mol. The van der Waals surface area contributed by atoms with Gasteiger partial charge in [-0.25, -0.2) is 0 Å². The van der Waals surface area contributed by atoms with Gasteiger partial charge in [0, 0.05) is 18.2 Å². The number of hydrogen-bond donors (Lipinski definition) is 1. The van der Waals surface area contributed by atoms with Crippen LogP contribution in [0.2, 0.25) is 5.02 Å². The van der Waals surface area contributed by atoms with Gasteiger partial charge in [-0.2, -0.15) is 0 Å². The molecule has 1 saturated carbocycles. The second-order valence-electron chi connectivity index (χ2n) is 4.07. The Hall–Kier alpha value is -1.33. The summed E-state index contributed by atoms with van der Waals surface area (Å²) in [6.07, 6.45) is 2.01. The zero-order valence-corrected chi connectivity index (χ0v) is 10.1. The molecule has 0 aliphatic heterocycles. The Kier molecular flexibility index (Phi) is 3.49. The van der Waals surface area contributed by atoms with Gasteiger partial charge >= 0.3 is 0 Å². The third-order valence-electron chi connectivity index (χ3n) is 2.92. The van der Waals surface area contributed by atoms with Crippen molar-refractivity contribution in [2.24, 2.45) is 0 Å². The van der Waals surface area contributed by atoms with Crippen LogP contribution in [0, 0.1) is 10.1 Å². The molecule has 92 valence electrons. The molecule has 0 unspecified atom stereocenters. The predicted molar refractivity (Wildman–Crippen MR) is 64.6 cm³/mol. The fraction of sp³-hybridized carbons (Fsp3) is 0.455. The van der Waals surface area contributed by atoms with E-state index >= 15 is 0 Å². The van der Waals surface area contributed by atoms with E-state index in [0.29, 0.717) is 11.8 Å². The van der Waals surface area contributed by atoms with E-state index in [9.17, 15) is 10.1 Å². The molecular formula is C11H13ClN2O3. The van der Waals surface area contributed by atoms with Crippen LogP contribution in [0.25, 0.3) is 0 Å². The summed E-state index contributed by atoms with van der Waals surface area (Å²) in [7, 11) is 1.92. The van der Waals surface area contributed by atoms with E-state index in [1.54, 1.807) is 6.07 Å². The SMILES string of the molecule is CNC1CC(Oc2ccc([N+](=O)[O-])cc2Cl)C1. The van der Waals surface area contributed by atoms with Gasteiger partial charge in [-0.3, -0.25) is 10.1 Å². The molecule has 0 heterocycles. The van der Waals surface area contributed by atoms with Gasteiger partial charge in [-0.05, 0) is 26.0 Å². The zero-order valence-electron chi connectivity index (χ0n) is 9.35. The molecule has 0 amide bonds. The number of rotatable bonds is 4. The molecule has 0 bridgehead atoms. The van der Waals surface area contributed by atoms with E-state index in [1.807, 2.05) is 7.05 Å². The molecule has 1 aliphatic rings. The number of halogens is 1. The number of nitro benzene ring substituents is 1. The van der Waals surface area contributed by atoms with Crippen LogP contribution in [-0.2, 0) is 0 Å². The summed E-state index contributed by atoms with van der Waals surface area (Å²) in [5, 5.41) is 14.0. The van der Waals surface area contributed by atoms with Gasteiger partial charge in [-0.15, -0.1) is 0 Å². The molecule has 1 aromatic carbocycles. The van der Waals surface area contributed by atoms with Crippen LogP contribution in [0.3, 0.4) is 0 Å². The molecule has 2 rings (SSSR count). The number of nitro groups is 1. The smallest absolute Gasteiger partial charge is 0.271 e. The molecule has 5 nitrogen and oxygen atoms in total. The topological polar surface area (TPSA) is 64.4 Å². The highest BCUT2D eigenvalue weighted by atomic mass is 35.5. The van der Waals surface area contributed by atoms with E-state index < -0.39 is 4.92 Å². The normalized spacial score (nSPS) is 22.9. The van der Waals surface area contributed by atoms with Crippen LogP contribution < -0.4 is 10.1 Å². The molecular weight excluding hydrogens is 244 g/mol. The summed E-state index contributed by atoms with van der Waals surface area (Å²) in [5.74, 6) is 0.511. The standard InChI is InChI=1S/C11H13ClN2O3/c1-13-7-4-9(5-7)17-11-3-2-8(14(15)16)6-10(11)12/h2-3,6-7,9,13H,4-5H2,1H3. The lowest BCUT2D eigenvalue weighted by atomic mass is 9.89. The Morgan fingerprint density at radius 1 is 1.53 bits per heavy atom. The molecule has 0 spiro atoms. The van der Waals surface area contributed by atoms with Gasteiger partial charge in [0.15, 0.2) is 0 Å². The number of ether oxygens (including phenoxy) is 1. The summed E-state index contributed by atoms with van der Waals surface area (Å²) < 4.78 is 5.65. The highest BCUT2D eigenvalue weighted by molar-refractivity contribution is 6.32. The zero-order chi connectivity index (χ0) is 12.4. The largest absolute Gasteiger partial charge is 0.489 e. The van der Waals surface area contributed by atoms with Crippen molar-refractivity contribution < 1.29 is 9.66 Å². The van der Waals surface area contributed by atoms with Crippen LogP contribution in [-0.4, -0.2) is 24.1 Å². The van der Waals surface area contributed by atoms with Gasteiger partial charge in [0.05, 0.1) is 9.95 Å². The number of non-ortho nitro benzene ring substituents is 1. The van der Waals surface area contributed by atoms with Crippen LogP contribution in [0.4, 0.5) is 5.69 Å². The van der Waals surface area contributed by atoms with Gasteiger partial charge in [0.25, 0.3) is 5.69 Å². The van der Waals surface area contributed by atoms with Gasteiger partial charge < -0.3 is 10.1 Å². The second kappa shape index (κ2) is 4.89. The predicted octanol–water partition coefficient (Wildman–Crippen LogP) is 2.38. The van der Waals surface area contributed by atoms with Crippen molar-refractivity contribution in [3.63, 3.8) is 0 Å². The van der Waals surface area contributed by atoms with Gasteiger partial charge in [0.2, 0.25) is 0 Å². The molecule has 6 heteroatoms. The molecule has 0 aromatic heterocycles. The maximum absolute atomic E-state index is 10.5. The van der Waals surface area contributed by atoms with E-state index in [-0.39, 0.29) is 16.8 Å². The monoisotopic (exact) mass is 256 g/mol. The maximum Gasteiger partial charge on any atom is 0.271 e. The van der Waals surface area contributed by atoms with Gasteiger partial charge in [0.1, 0.15) is 11.9 Å². The van der Waals surface area contributed by atoms with Crippen LogP contribution in [0.15, 0.2) is 18.2 Å². The fourth-order valence-electron chi connectivity index (χ4n) is 1.78. The Balaban J connectivity index is 2.00. The van der Waals surface area contributed by atoms with Crippen molar-refractivity contribution >= 4 is 17.3 Å². The lowest BCUT2D eigenvalue weighted by Crippen LogP contribution is -2.45. The highest BCUT2D eigenvalue weighted by Crippen LogP contribution is 2.32. The first kappa shape index (κ1) is 12.1. The molecule has 1 aliphatic carbocycles. The molecule has 1 fully saturated rings. The first-order valence-electron chi connectivity index (χ1n) is 5.38. The van der Waals surface area contributed by atoms with Crippen LogP contribution in [0.1, 0.15) is 12.8 Å². The minimum atomic E-state index is -0.476. The molecule has 17 heavy (non-hydrogen) atoms. The molecule has 0 saturated heterocycles. The lowest BCUT2D eigenvalue weighted by molar-refractivity contribution is -0.384. The van der Waals surface area contributed by atoms with Crippen molar-refractivity contribution in [2.75, 3.05) is 7.05 Å². The first-order chi connectivity index (χ1) is 8.10. The third kappa shape index (κ3) is 2.68. The maximum atomic E-state index is 10.5. The highest BCUT2D eigenvalue weighted by Gasteiger charge is 2.30. The third-order valence-corrected chi connectivity index (χ3v) is 3.22. The number of nitrogens with one attached hydrogen (secondary N) is 1. The molecule has 1 N–H and O–H groups in total. The van der Waals surface area contributed by atoms with E-state index in [0.717, 1.165) is 12.8 Å². The van der Waals surface area contributed by atoms with E-state index in [1.165, 1.54) is 12.1 Å². The lowest BCUT2D eigenvalue weighted by Gasteiger charge is -2.35. The van der Waals surface area contributed by atoms with Crippen molar-refractivity contribution in [1.29, 1.82) is 0 Å². The van der Waals surface area contributed by atoms with E-state index in [2.05, 4.69) is 5.32 Å². The quantitative estimate of drug-likeness (QED) is 0.664. The summed E-state index contributed by atoms with van der Waals surface area (Å²) in [6, 6.07) is 4.75. The Bertz CT molecular complexity index is 433. The fourth-order valence-corrected chi connectivity index (χ4v) is 2.00. The molecule has 1 aromatic rings. The summed E-state index contributed by atoms with van der Waals surface area (Å²) in [6.45, 7) is 0. The van der Waals surface area contributed by atoms with Crippen molar-refractivity contribution in [3.8, 4) is 5.75 Å². The summed E-state index contributed by atoms with van der Waals surface area (Å²) >= 11 is 5.92. The summed E-state index contributed by atoms with van der Waals surface area (Å²) in [4.78, 5) is 10.1. The summed E-state index contributed by atoms with van der Waals surface area (Å²) in [5.41, 5.74) is -0.0240. The number of nitrogens with zero attached hydrogens (tertiary/aromatic N) is 1.